The van der Waals surface area contributed by atoms with Gasteiger partial charge in [-0.1, -0.05) is 133 Å². The number of aliphatic hydroxyl groups is 1. The van der Waals surface area contributed by atoms with Crippen LogP contribution in [0.3, 0.4) is 0 Å². The molecule has 0 aliphatic heterocycles. The molecule has 0 saturated heterocycles. The number of hydrogen-bond donors (Lipinski definition) is 1. The van der Waals surface area contributed by atoms with E-state index in [1.807, 2.05) is 79.0 Å². The van der Waals surface area contributed by atoms with E-state index in [4.69, 9.17) is 9.72 Å². The van der Waals surface area contributed by atoms with E-state index in [1.165, 1.54) is 0 Å². The number of ether oxygens (including phenoxy) is 1. The SMILES string of the molecule is OC(c1ccc(OCc2ccccc2)cc1)c1nccn1C(c1ccccc1)(c1ccccc1)c1ccccc1. The summed E-state index contributed by atoms with van der Waals surface area (Å²) in [6, 6.07) is 48.9. The lowest BCUT2D eigenvalue weighted by molar-refractivity contribution is 0.200. The van der Waals surface area contributed by atoms with E-state index >= 15 is 0 Å². The quantitative estimate of drug-likeness (QED) is 0.202. The van der Waals surface area contributed by atoms with Gasteiger partial charge in [-0.2, -0.15) is 0 Å². The number of benzene rings is 5. The average Bonchev–Trinajstić information content (AvgIpc) is 3.53. The van der Waals surface area contributed by atoms with Crippen LogP contribution in [0.5, 0.6) is 5.75 Å². The van der Waals surface area contributed by atoms with Crippen molar-refractivity contribution in [3.8, 4) is 5.75 Å². The number of rotatable bonds is 9. The van der Waals surface area contributed by atoms with E-state index in [0.29, 0.717) is 12.4 Å². The minimum Gasteiger partial charge on any atom is -0.489 e. The highest BCUT2D eigenvalue weighted by molar-refractivity contribution is 5.51. The molecule has 1 heterocycles. The summed E-state index contributed by atoms with van der Waals surface area (Å²) in [7, 11) is 0. The molecule has 4 heteroatoms. The first kappa shape index (κ1) is 25.4. The fourth-order valence-corrected chi connectivity index (χ4v) is 5.39. The summed E-state index contributed by atoms with van der Waals surface area (Å²) in [6.07, 6.45) is 2.77. The van der Waals surface area contributed by atoms with E-state index in [2.05, 4.69) is 77.4 Å². The van der Waals surface area contributed by atoms with E-state index in [0.717, 1.165) is 33.6 Å². The Balaban J connectivity index is 1.42. The highest BCUT2D eigenvalue weighted by Gasteiger charge is 2.40. The fourth-order valence-electron chi connectivity index (χ4n) is 5.39. The van der Waals surface area contributed by atoms with Gasteiger partial charge in [0, 0.05) is 12.4 Å². The molecule has 0 spiro atoms. The van der Waals surface area contributed by atoms with Gasteiger partial charge in [-0.3, -0.25) is 0 Å². The van der Waals surface area contributed by atoms with Crippen molar-refractivity contribution in [2.24, 2.45) is 0 Å². The van der Waals surface area contributed by atoms with Crippen molar-refractivity contribution in [2.45, 2.75) is 18.2 Å². The summed E-state index contributed by atoms with van der Waals surface area (Å²) in [5.74, 6) is 1.30. The Kier molecular flexibility index (Phi) is 7.25. The van der Waals surface area contributed by atoms with Gasteiger partial charge in [0.05, 0.1) is 0 Å². The van der Waals surface area contributed by atoms with Crippen LogP contribution in [0.2, 0.25) is 0 Å². The average molecular weight is 523 g/mol. The number of imidazole rings is 1. The first-order valence-electron chi connectivity index (χ1n) is 13.4. The molecule has 0 fully saturated rings. The zero-order valence-electron chi connectivity index (χ0n) is 22.0. The van der Waals surface area contributed by atoms with Gasteiger partial charge in [0.15, 0.2) is 0 Å². The molecular formula is C36H30N2O2. The minimum atomic E-state index is -0.950. The molecule has 1 aromatic heterocycles. The van der Waals surface area contributed by atoms with Crippen LogP contribution in [-0.2, 0) is 12.1 Å². The molecule has 1 atom stereocenters. The van der Waals surface area contributed by atoms with Gasteiger partial charge in [-0.05, 0) is 39.9 Å². The van der Waals surface area contributed by atoms with Crippen molar-refractivity contribution in [1.29, 1.82) is 0 Å². The van der Waals surface area contributed by atoms with Crippen LogP contribution < -0.4 is 4.74 Å². The Labute approximate surface area is 234 Å². The van der Waals surface area contributed by atoms with Gasteiger partial charge in [-0.25, -0.2) is 4.98 Å². The van der Waals surface area contributed by atoms with E-state index in [1.54, 1.807) is 6.20 Å². The Bertz CT molecular complexity index is 1540. The van der Waals surface area contributed by atoms with Gasteiger partial charge < -0.3 is 14.4 Å². The molecule has 0 aliphatic rings. The van der Waals surface area contributed by atoms with E-state index < -0.39 is 11.6 Å². The van der Waals surface area contributed by atoms with E-state index in [9.17, 15) is 5.11 Å². The van der Waals surface area contributed by atoms with Gasteiger partial charge in [0.2, 0.25) is 0 Å². The number of nitrogens with zero attached hydrogens (tertiary/aromatic N) is 2. The molecule has 40 heavy (non-hydrogen) atoms. The molecule has 4 nitrogen and oxygen atoms in total. The van der Waals surface area contributed by atoms with Crippen molar-refractivity contribution in [1.82, 2.24) is 9.55 Å². The summed E-state index contributed by atoms with van der Waals surface area (Å²) in [5.41, 5.74) is 4.31. The zero-order chi connectivity index (χ0) is 27.2. The van der Waals surface area contributed by atoms with Gasteiger partial charge in [0.25, 0.3) is 0 Å². The molecule has 5 aromatic carbocycles. The van der Waals surface area contributed by atoms with Gasteiger partial charge in [-0.15, -0.1) is 0 Å². The van der Waals surface area contributed by atoms with Crippen LogP contribution in [0.25, 0.3) is 0 Å². The van der Waals surface area contributed by atoms with Crippen LogP contribution in [0.15, 0.2) is 158 Å². The Morgan fingerprint density at radius 2 is 1.10 bits per heavy atom. The number of aromatic nitrogens is 2. The van der Waals surface area contributed by atoms with Crippen LogP contribution in [-0.4, -0.2) is 14.7 Å². The monoisotopic (exact) mass is 522 g/mol. The van der Waals surface area contributed by atoms with Crippen LogP contribution in [0, 0.1) is 0 Å². The van der Waals surface area contributed by atoms with Crippen molar-refractivity contribution >= 4 is 0 Å². The largest absolute Gasteiger partial charge is 0.489 e. The lowest BCUT2D eigenvalue weighted by atomic mass is 9.76. The first-order valence-corrected chi connectivity index (χ1v) is 13.4. The molecule has 1 unspecified atom stereocenters. The molecule has 0 aliphatic carbocycles. The first-order chi connectivity index (χ1) is 19.8. The molecular weight excluding hydrogens is 492 g/mol. The van der Waals surface area contributed by atoms with Crippen molar-refractivity contribution in [3.05, 3.63) is 192 Å². The highest BCUT2D eigenvalue weighted by Crippen LogP contribution is 2.42. The number of hydrogen-bond acceptors (Lipinski definition) is 3. The smallest absolute Gasteiger partial charge is 0.143 e. The maximum absolute atomic E-state index is 11.7. The second-order valence-corrected chi connectivity index (χ2v) is 9.71. The zero-order valence-corrected chi connectivity index (χ0v) is 22.0. The predicted molar refractivity (Wildman–Crippen MR) is 158 cm³/mol. The molecule has 6 rings (SSSR count). The van der Waals surface area contributed by atoms with Crippen LogP contribution in [0.4, 0.5) is 0 Å². The van der Waals surface area contributed by atoms with Crippen LogP contribution in [0.1, 0.15) is 39.7 Å². The summed E-state index contributed by atoms with van der Waals surface area (Å²) < 4.78 is 8.08. The van der Waals surface area contributed by atoms with E-state index in [-0.39, 0.29) is 0 Å². The fraction of sp³-hybridized carbons (Fsp3) is 0.0833. The second-order valence-electron chi connectivity index (χ2n) is 9.71. The number of aliphatic hydroxyl groups excluding tert-OH is 1. The lowest BCUT2D eigenvalue weighted by Crippen LogP contribution is -2.39. The summed E-state index contributed by atoms with van der Waals surface area (Å²) in [6.45, 7) is 0.487. The third-order valence-electron chi connectivity index (χ3n) is 7.29. The second kappa shape index (κ2) is 11.4. The third kappa shape index (κ3) is 4.81. The normalized spacial score (nSPS) is 12.1. The summed E-state index contributed by atoms with van der Waals surface area (Å²) in [5, 5.41) is 11.7. The maximum Gasteiger partial charge on any atom is 0.143 e. The molecule has 0 amide bonds. The van der Waals surface area contributed by atoms with Gasteiger partial charge >= 0.3 is 0 Å². The lowest BCUT2D eigenvalue weighted by Gasteiger charge is -2.39. The Morgan fingerprint density at radius 1 is 0.625 bits per heavy atom. The molecule has 196 valence electrons. The predicted octanol–water partition coefficient (Wildman–Crippen LogP) is 7.38. The molecule has 0 bridgehead atoms. The van der Waals surface area contributed by atoms with Crippen molar-refractivity contribution < 1.29 is 9.84 Å². The molecule has 0 radical (unpaired) electrons. The van der Waals surface area contributed by atoms with Crippen LogP contribution >= 0.6 is 0 Å². The molecule has 1 N–H and O–H groups in total. The minimum absolute atomic E-state index is 0.487. The Hall–Kier alpha value is -4.93. The summed E-state index contributed by atoms with van der Waals surface area (Å²) in [4.78, 5) is 4.72. The topological polar surface area (TPSA) is 47.3 Å². The highest BCUT2D eigenvalue weighted by atomic mass is 16.5. The molecule has 6 aromatic rings. The van der Waals surface area contributed by atoms with Gasteiger partial charge in [0.1, 0.15) is 29.8 Å². The van der Waals surface area contributed by atoms with Crippen molar-refractivity contribution in [3.63, 3.8) is 0 Å². The maximum atomic E-state index is 11.7. The molecule has 0 saturated carbocycles. The third-order valence-corrected chi connectivity index (χ3v) is 7.29. The Morgan fingerprint density at radius 3 is 1.60 bits per heavy atom. The summed E-state index contributed by atoms with van der Waals surface area (Å²) >= 11 is 0. The van der Waals surface area contributed by atoms with Crippen molar-refractivity contribution in [2.75, 3.05) is 0 Å². The standard InChI is InChI=1S/C36H30N2O2/c39-34(29-21-23-33(24-22-29)40-27-28-13-5-1-6-14-28)35-37-25-26-38(35)36(30-15-7-2-8-16-30,31-17-9-3-10-18-31)32-19-11-4-12-20-32/h1-26,34,39H,27H2.